The van der Waals surface area contributed by atoms with Crippen LogP contribution < -0.4 is 0 Å². The Balaban J connectivity index is 0.000000121. The molecular weight excluding hydrogens is 248 g/mol. The van der Waals surface area contributed by atoms with Crippen LogP contribution in [0.25, 0.3) is 11.0 Å². The van der Waals surface area contributed by atoms with Gasteiger partial charge in [-0.3, -0.25) is 4.99 Å². The molecule has 3 nitrogen and oxygen atoms in total. The van der Waals surface area contributed by atoms with Crippen molar-refractivity contribution in [3.05, 3.63) is 59.8 Å². The number of hydrogen-bond acceptors (Lipinski definition) is 3. The van der Waals surface area contributed by atoms with Gasteiger partial charge in [0.05, 0.1) is 11.4 Å². The van der Waals surface area contributed by atoms with Crippen molar-refractivity contribution in [3.63, 3.8) is 0 Å². The lowest BCUT2D eigenvalue weighted by Crippen LogP contribution is -1.87. The molecule has 20 heavy (non-hydrogen) atoms. The van der Waals surface area contributed by atoms with Crippen molar-refractivity contribution in [2.45, 2.75) is 20.3 Å². The molecule has 2 heterocycles. The van der Waals surface area contributed by atoms with E-state index in [1.54, 1.807) is 0 Å². The highest BCUT2D eigenvalue weighted by molar-refractivity contribution is 5.91. The van der Waals surface area contributed by atoms with E-state index in [4.69, 9.17) is 4.52 Å². The normalized spacial score (nSPS) is 12.6. The molecule has 0 saturated carbocycles. The average Bonchev–Trinajstić information content (AvgIpc) is 3.02. The van der Waals surface area contributed by atoms with Crippen LogP contribution in [0.2, 0.25) is 0 Å². The fourth-order valence-corrected chi connectivity index (χ4v) is 2.30. The molecular formula is C17H16N2O. The number of rotatable bonds is 0. The SMILES string of the molecule is CC1=Nc2ccccc2C1.Cc1noc2ccccc12. The molecule has 0 N–H and O–H groups in total. The molecule has 3 aromatic rings. The summed E-state index contributed by atoms with van der Waals surface area (Å²) >= 11 is 0. The standard InChI is InChI=1S/C9H9N.C8H7NO/c1-7-6-8-4-2-3-5-9(8)10-7;1-6-7-4-2-3-5-8(7)10-9-6/h2-5H,6H2,1H3;2-5H,1H3. The van der Waals surface area contributed by atoms with Crippen LogP contribution in [0.5, 0.6) is 0 Å². The second-order valence-electron chi connectivity index (χ2n) is 4.92. The average molecular weight is 264 g/mol. The van der Waals surface area contributed by atoms with Gasteiger partial charge in [-0.05, 0) is 37.6 Å². The maximum absolute atomic E-state index is 5.00. The fraction of sp³-hybridized carbons (Fsp3) is 0.176. The Morgan fingerprint density at radius 3 is 2.50 bits per heavy atom. The Hall–Kier alpha value is -2.42. The van der Waals surface area contributed by atoms with E-state index in [0.717, 1.165) is 28.8 Å². The number of nitrogens with zero attached hydrogens (tertiary/aromatic N) is 2. The van der Waals surface area contributed by atoms with E-state index in [1.165, 1.54) is 11.3 Å². The van der Waals surface area contributed by atoms with Gasteiger partial charge >= 0.3 is 0 Å². The lowest BCUT2D eigenvalue weighted by molar-refractivity contribution is 0.450. The van der Waals surface area contributed by atoms with E-state index < -0.39 is 0 Å². The van der Waals surface area contributed by atoms with Crippen LogP contribution in [0.1, 0.15) is 18.2 Å². The molecule has 0 spiro atoms. The third kappa shape index (κ3) is 2.48. The number of fused-ring (bicyclic) bond motifs is 2. The summed E-state index contributed by atoms with van der Waals surface area (Å²) < 4.78 is 5.00. The Morgan fingerprint density at radius 1 is 0.950 bits per heavy atom. The molecule has 2 aromatic carbocycles. The van der Waals surface area contributed by atoms with Crippen LogP contribution in [0, 0.1) is 6.92 Å². The second-order valence-corrected chi connectivity index (χ2v) is 4.92. The summed E-state index contributed by atoms with van der Waals surface area (Å²) in [5.74, 6) is 0. The summed E-state index contributed by atoms with van der Waals surface area (Å²) in [7, 11) is 0. The van der Waals surface area contributed by atoms with Gasteiger partial charge in [-0.1, -0.05) is 35.5 Å². The van der Waals surface area contributed by atoms with Gasteiger partial charge in [0.1, 0.15) is 0 Å². The molecule has 0 radical (unpaired) electrons. The van der Waals surface area contributed by atoms with Gasteiger partial charge in [0.25, 0.3) is 0 Å². The summed E-state index contributed by atoms with van der Waals surface area (Å²) in [6, 6.07) is 16.1. The number of hydrogen-bond donors (Lipinski definition) is 0. The third-order valence-corrected chi connectivity index (χ3v) is 3.31. The van der Waals surface area contributed by atoms with E-state index in [0.29, 0.717) is 0 Å². The number of aromatic nitrogens is 1. The van der Waals surface area contributed by atoms with Crippen molar-refractivity contribution >= 4 is 22.4 Å². The summed E-state index contributed by atoms with van der Waals surface area (Å²) in [6.45, 7) is 4.01. The fourth-order valence-electron chi connectivity index (χ4n) is 2.30. The van der Waals surface area contributed by atoms with Gasteiger partial charge in [-0.25, -0.2) is 0 Å². The van der Waals surface area contributed by atoms with Crippen molar-refractivity contribution in [2.24, 2.45) is 4.99 Å². The lowest BCUT2D eigenvalue weighted by atomic mass is 10.1. The van der Waals surface area contributed by atoms with E-state index in [9.17, 15) is 0 Å². The summed E-state index contributed by atoms with van der Waals surface area (Å²) in [5, 5.41) is 4.92. The van der Waals surface area contributed by atoms with Crippen LogP contribution in [-0.4, -0.2) is 10.9 Å². The quantitative estimate of drug-likeness (QED) is 0.600. The zero-order valence-corrected chi connectivity index (χ0v) is 11.6. The number of para-hydroxylation sites is 2. The molecule has 0 atom stereocenters. The van der Waals surface area contributed by atoms with Gasteiger partial charge in [-0.15, -0.1) is 0 Å². The van der Waals surface area contributed by atoms with Crippen molar-refractivity contribution in [3.8, 4) is 0 Å². The second kappa shape index (κ2) is 5.29. The smallest absolute Gasteiger partial charge is 0.167 e. The Kier molecular flexibility index (Phi) is 3.33. The Morgan fingerprint density at radius 2 is 1.70 bits per heavy atom. The first-order valence-electron chi connectivity index (χ1n) is 6.67. The van der Waals surface area contributed by atoms with Gasteiger partial charge in [0, 0.05) is 17.5 Å². The van der Waals surface area contributed by atoms with Crippen LogP contribution >= 0.6 is 0 Å². The van der Waals surface area contributed by atoms with Crippen molar-refractivity contribution in [2.75, 3.05) is 0 Å². The summed E-state index contributed by atoms with van der Waals surface area (Å²) in [6.07, 6.45) is 1.04. The first-order chi connectivity index (χ1) is 9.74. The highest BCUT2D eigenvalue weighted by atomic mass is 16.5. The van der Waals surface area contributed by atoms with Crippen molar-refractivity contribution in [1.29, 1.82) is 0 Å². The minimum absolute atomic E-state index is 0.861. The van der Waals surface area contributed by atoms with Gasteiger partial charge in [-0.2, -0.15) is 0 Å². The van der Waals surface area contributed by atoms with E-state index in [1.807, 2.05) is 37.3 Å². The van der Waals surface area contributed by atoms with E-state index in [-0.39, 0.29) is 0 Å². The molecule has 0 saturated heterocycles. The monoisotopic (exact) mass is 264 g/mol. The van der Waals surface area contributed by atoms with Crippen LogP contribution in [0.3, 0.4) is 0 Å². The predicted octanol–water partition coefficient (Wildman–Crippen LogP) is 4.47. The molecule has 0 aliphatic carbocycles. The number of benzene rings is 2. The Bertz CT molecular complexity index is 771. The van der Waals surface area contributed by atoms with Crippen LogP contribution in [0.15, 0.2) is 58.0 Å². The first kappa shape index (κ1) is 12.6. The van der Waals surface area contributed by atoms with E-state index in [2.05, 4.69) is 35.3 Å². The highest BCUT2D eigenvalue weighted by Gasteiger charge is 2.08. The zero-order valence-electron chi connectivity index (χ0n) is 11.6. The maximum Gasteiger partial charge on any atom is 0.167 e. The minimum Gasteiger partial charge on any atom is -0.356 e. The van der Waals surface area contributed by atoms with Crippen molar-refractivity contribution < 1.29 is 4.52 Å². The minimum atomic E-state index is 0.861. The molecule has 0 fully saturated rings. The third-order valence-electron chi connectivity index (χ3n) is 3.31. The number of aliphatic imine (C=N–C) groups is 1. The molecule has 0 amide bonds. The summed E-state index contributed by atoms with van der Waals surface area (Å²) in [4.78, 5) is 4.37. The molecule has 1 aliphatic heterocycles. The topological polar surface area (TPSA) is 38.4 Å². The molecule has 4 rings (SSSR count). The predicted molar refractivity (Wildman–Crippen MR) is 81.7 cm³/mol. The number of aryl methyl sites for hydroxylation is 1. The molecule has 0 unspecified atom stereocenters. The molecule has 1 aromatic heterocycles. The highest BCUT2D eigenvalue weighted by Crippen LogP contribution is 2.25. The zero-order chi connectivity index (χ0) is 13.9. The van der Waals surface area contributed by atoms with Crippen molar-refractivity contribution in [1.82, 2.24) is 5.16 Å². The van der Waals surface area contributed by atoms with Gasteiger partial charge < -0.3 is 4.52 Å². The molecule has 100 valence electrons. The van der Waals surface area contributed by atoms with E-state index >= 15 is 0 Å². The van der Waals surface area contributed by atoms with Crippen LogP contribution in [-0.2, 0) is 6.42 Å². The van der Waals surface area contributed by atoms with Gasteiger partial charge in [0.15, 0.2) is 5.58 Å². The lowest BCUT2D eigenvalue weighted by Gasteiger charge is -1.91. The van der Waals surface area contributed by atoms with Gasteiger partial charge in [0.2, 0.25) is 0 Å². The maximum atomic E-state index is 5.00. The molecule has 1 aliphatic rings. The molecule has 3 heteroatoms. The Labute approximate surface area is 117 Å². The van der Waals surface area contributed by atoms with Crippen LogP contribution in [0.4, 0.5) is 5.69 Å². The largest absolute Gasteiger partial charge is 0.356 e. The summed E-state index contributed by atoms with van der Waals surface area (Å²) in [5.41, 5.74) is 5.55. The first-order valence-corrected chi connectivity index (χ1v) is 6.67. The molecule has 0 bridgehead atoms.